The highest BCUT2D eigenvalue weighted by Crippen LogP contribution is 2.42. The van der Waals surface area contributed by atoms with Crippen molar-refractivity contribution in [2.45, 2.75) is 52.5 Å². The van der Waals surface area contributed by atoms with Gasteiger partial charge < -0.3 is 19.9 Å². The summed E-state index contributed by atoms with van der Waals surface area (Å²) in [6.45, 7) is 6.54. The molecule has 0 saturated heterocycles. The van der Waals surface area contributed by atoms with E-state index in [1.54, 1.807) is 25.3 Å². The summed E-state index contributed by atoms with van der Waals surface area (Å²) in [5, 5.41) is 12.3. The number of carboxylic acids is 1. The quantitative estimate of drug-likeness (QED) is 0.755. The Bertz CT molecular complexity index is 685. The van der Waals surface area contributed by atoms with Crippen LogP contribution in [0.15, 0.2) is 18.2 Å². The molecule has 150 valence electrons. The first-order chi connectivity index (χ1) is 12.6. The molecule has 2 rings (SSSR count). The zero-order valence-electron chi connectivity index (χ0n) is 16.9. The molecule has 0 aliphatic heterocycles. The maximum atomic E-state index is 12.9. The molecule has 6 heteroatoms. The molecule has 1 aliphatic rings. The molecule has 1 aromatic carbocycles. The van der Waals surface area contributed by atoms with Crippen LogP contribution in [0.25, 0.3) is 0 Å². The number of carbonyl (C=O) groups is 2. The fraction of sp³-hybridized carbons (Fsp3) is 0.619. The Labute approximate surface area is 161 Å². The standard InChI is InChI=1S/C21H31NO5/c1-13-8-15(12-21(2,3)11-13)20(25)22-16(10-19(23)24)14-6-7-17(26-4)18(9-14)27-5/h6-7,9,13,15-16H,8,10-12H2,1-5H3,(H,22,25)(H,23,24). The fourth-order valence-corrected chi connectivity index (χ4v) is 4.33. The summed E-state index contributed by atoms with van der Waals surface area (Å²) in [6.07, 6.45) is 2.56. The smallest absolute Gasteiger partial charge is 0.305 e. The predicted octanol–water partition coefficient (Wildman–Crippen LogP) is 3.80. The number of ether oxygens (including phenoxy) is 2. The SMILES string of the molecule is COc1ccc(C(CC(=O)O)NC(=O)C2CC(C)CC(C)(C)C2)cc1OC. The molecule has 3 atom stereocenters. The van der Waals surface area contributed by atoms with Crippen LogP contribution < -0.4 is 14.8 Å². The number of aliphatic carboxylic acids is 1. The number of amides is 1. The maximum absolute atomic E-state index is 12.9. The summed E-state index contributed by atoms with van der Waals surface area (Å²) in [5.74, 6) is 0.406. The summed E-state index contributed by atoms with van der Waals surface area (Å²) >= 11 is 0. The maximum Gasteiger partial charge on any atom is 0.305 e. The Morgan fingerprint density at radius 2 is 1.89 bits per heavy atom. The van der Waals surface area contributed by atoms with E-state index in [1.807, 2.05) is 0 Å². The molecule has 1 saturated carbocycles. The lowest BCUT2D eigenvalue weighted by molar-refractivity contribution is -0.138. The Morgan fingerprint density at radius 3 is 2.44 bits per heavy atom. The molecule has 2 N–H and O–H groups in total. The number of hydrogen-bond acceptors (Lipinski definition) is 4. The predicted molar refractivity (Wildman–Crippen MR) is 103 cm³/mol. The average Bonchev–Trinajstić information content (AvgIpc) is 2.58. The van der Waals surface area contributed by atoms with Gasteiger partial charge in [0.2, 0.25) is 5.91 Å². The molecule has 0 aromatic heterocycles. The van der Waals surface area contributed by atoms with Crippen molar-refractivity contribution in [3.8, 4) is 11.5 Å². The normalized spacial score (nSPS) is 22.6. The van der Waals surface area contributed by atoms with Crippen molar-refractivity contribution in [3.05, 3.63) is 23.8 Å². The Balaban J connectivity index is 2.21. The van der Waals surface area contributed by atoms with Crippen molar-refractivity contribution >= 4 is 11.9 Å². The first kappa shape index (κ1) is 21.1. The van der Waals surface area contributed by atoms with Crippen molar-refractivity contribution in [1.29, 1.82) is 0 Å². The minimum atomic E-state index is -0.965. The van der Waals surface area contributed by atoms with E-state index in [-0.39, 0.29) is 23.7 Å². The van der Waals surface area contributed by atoms with E-state index in [1.165, 1.54) is 7.11 Å². The zero-order valence-corrected chi connectivity index (χ0v) is 16.9. The lowest BCUT2D eigenvalue weighted by Gasteiger charge is -2.38. The average molecular weight is 377 g/mol. The summed E-state index contributed by atoms with van der Waals surface area (Å²) < 4.78 is 10.5. The highest BCUT2D eigenvalue weighted by molar-refractivity contribution is 5.80. The Morgan fingerprint density at radius 1 is 1.22 bits per heavy atom. The Hall–Kier alpha value is -2.24. The summed E-state index contributed by atoms with van der Waals surface area (Å²) in [4.78, 5) is 24.3. The van der Waals surface area contributed by atoms with Crippen LogP contribution in [0.3, 0.4) is 0 Å². The molecule has 0 heterocycles. The third-order valence-corrected chi connectivity index (χ3v) is 5.26. The van der Waals surface area contributed by atoms with E-state index in [0.29, 0.717) is 23.0 Å². The van der Waals surface area contributed by atoms with Gasteiger partial charge in [-0.05, 0) is 48.3 Å². The highest BCUT2D eigenvalue weighted by atomic mass is 16.5. The van der Waals surface area contributed by atoms with Gasteiger partial charge in [-0.2, -0.15) is 0 Å². The highest BCUT2D eigenvalue weighted by Gasteiger charge is 2.36. The molecular weight excluding hydrogens is 346 g/mol. The van der Waals surface area contributed by atoms with Gasteiger partial charge in [-0.15, -0.1) is 0 Å². The van der Waals surface area contributed by atoms with Gasteiger partial charge in [-0.3, -0.25) is 9.59 Å². The van der Waals surface area contributed by atoms with Crippen molar-refractivity contribution in [1.82, 2.24) is 5.32 Å². The molecule has 0 spiro atoms. The van der Waals surface area contributed by atoms with E-state index >= 15 is 0 Å². The number of rotatable bonds is 7. The van der Waals surface area contributed by atoms with Crippen molar-refractivity contribution in [2.75, 3.05) is 14.2 Å². The van der Waals surface area contributed by atoms with Gasteiger partial charge in [0.15, 0.2) is 11.5 Å². The topological polar surface area (TPSA) is 84.9 Å². The molecule has 3 unspecified atom stereocenters. The molecule has 0 bridgehead atoms. The lowest BCUT2D eigenvalue weighted by Crippen LogP contribution is -2.40. The minimum Gasteiger partial charge on any atom is -0.493 e. The van der Waals surface area contributed by atoms with Gasteiger partial charge in [0, 0.05) is 5.92 Å². The van der Waals surface area contributed by atoms with Crippen LogP contribution in [0.2, 0.25) is 0 Å². The van der Waals surface area contributed by atoms with Crippen LogP contribution in [0.1, 0.15) is 58.1 Å². The number of carboxylic acid groups (broad SMARTS) is 1. The molecule has 1 amide bonds. The summed E-state index contributed by atoms with van der Waals surface area (Å²) in [7, 11) is 3.07. The minimum absolute atomic E-state index is 0.0735. The number of methoxy groups -OCH3 is 2. The van der Waals surface area contributed by atoms with Gasteiger partial charge in [-0.1, -0.05) is 26.8 Å². The molecule has 0 radical (unpaired) electrons. The van der Waals surface area contributed by atoms with Crippen molar-refractivity contribution in [2.24, 2.45) is 17.3 Å². The number of hydrogen-bond donors (Lipinski definition) is 2. The van der Waals surface area contributed by atoms with E-state index in [2.05, 4.69) is 26.1 Å². The van der Waals surface area contributed by atoms with Crippen molar-refractivity contribution < 1.29 is 24.2 Å². The fourth-order valence-electron chi connectivity index (χ4n) is 4.33. The van der Waals surface area contributed by atoms with E-state index in [4.69, 9.17) is 9.47 Å². The van der Waals surface area contributed by atoms with Gasteiger partial charge in [0.05, 0.1) is 26.7 Å². The van der Waals surface area contributed by atoms with Gasteiger partial charge in [-0.25, -0.2) is 0 Å². The van der Waals surface area contributed by atoms with E-state index in [0.717, 1.165) is 19.3 Å². The zero-order chi connectivity index (χ0) is 20.2. The first-order valence-corrected chi connectivity index (χ1v) is 9.39. The largest absolute Gasteiger partial charge is 0.493 e. The van der Waals surface area contributed by atoms with Crippen LogP contribution in [0.5, 0.6) is 11.5 Å². The summed E-state index contributed by atoms with van der Waals surface area (Å²) in [5.41, 5.74) is 0.803. The van der Waals surface area contributed by atoms with Crippen LogP contribution in [0, 0.1) is 17.3 Å². The van der Waals surface area contributed by atoms with Gasteiger partial charge in [0.1, 0.15) is 0 Å². The number of benzene rings is 1. The van der Waals surface area contributed by atoms with Crippen LogP contribution in [-0.4, -0.2) is 31.2 Å². The first-order valence-electron chi connectivity index (χ1n) is 9.39. The van der Waals surface area contributed by atoms with E-state index in [9.17, 15) is 14.7 Å². The third-order valence-electron chi connectivity index (χ3n) is 5.26. The molecule has 1 fully saturated rings. The van der Waals surface area contributed by atoms with Gasteiger partial charge in [0.25, 0.3) is 0 Å². The van der Waals surface area contributed by atoms with Crippen molar-refractivity contribution in [3.63, 3.8) is 0 Å². The third kappa shape index (κ3) is 5.62. The molecule has 1 aliphatic carbocycles. The molecule has 27 heavy (non-hydrogen) atoms. The van der Waals surface area contributed by atoms with Crippen LogP contribution in [0.4, 0.5) is 0 Å². The molecular formula is C21H31NO5. The van der Waals surface area contributed by atoms with E-state index < -0.39 is 12.0 Å². The summed E-state index contributed by atoms with van der Waals surface area (Å²) in [6, 6.07) is 4.60. The second kappa shape index (κ2) is 8.63. The monoisotopic (exact) mass is 377 g/mol. The molecule has 6 nitrogen and oxygen atoms in total. The van der Waals surface area contributed by atoms with Crippen LogP contribution >= 0.6 is 0 Å². The van der Waals surface area contributed by atoms with Gasteiger partial charge >= 0.3 is 5.97 Å². The number of carbonyl (C=O) groups excluding carboxylic acids is 1. The molecule has 1 aromatic rings. The second-order valence-electron chi connectivity index (χ2n) is 8.38. The second-order valence-corrected chi connectivity index (χ2v) is 8.38. The number of nitrogens with one attached hydrogen (secondary N) is 1. The van der Waals surface area contributed by atoms with Crippen LogP contribution in [-0.2, 0) is 9.59 Å². The lowest BCUT2D eigenvalue weighted by atomic mass is 9.68. The Kier molecular flexibility index (Phi) is 6.73.